The summed E-state index contributed by atoms with van der Waals surface area (Å²) >= 11 is 4.27. The van der Waals surface area contributed by atoms with Crippen LogP contribution >= 0.6 is 12.6 Å². The van der Waals surface area contributed by atoms with Crippen LogP contribution < -0.4 is 5.32 Å². The fourth-order valence-electron chi connectivity index (χ4n) is 1.92. The van der Waals surface area contributed by atoms with Crippen molar-refractivity contribution in [3.05, 3.63) is 59.2 Å². The van der Waals surface area contributed by atoms with E-state index in [1.807, 2.05) is 37.3 Å². The number of nitrogens with one attached hydrogen (secondary N) is 1. The maximum absolute atomic E-state index is 12.2. The number of benzene rings is 2. The molecule has 0 aliphatic carbocycles. The van der Waals surface area contributed by atoms with E-state index in [4.69, 9.17) is 0 Å². The Balaban J connectivity index is 2.23. The minimum Gasteiger partial charge on any atom is -0.322 e. The van der Waals surface area contributed by atoms with Gasteiger partial charge in [-0.1, -0.05) is 25.1 Å². The Kier molecular flexibility index (Phi) is 4.27. The Hall–Kier alpha value is -1.74. The standard InChI is InChI=1S/C16H17NOS/c1-3-12-5-4-6-13(9-12)17-16(18)15-10-14(19)8-7-11(15)2/h4-10,19H,3H2,1-2H3,(H,17,18). The molecule has 0 fully saturated rings. The molecule has 3 heteroatoms. The molecular weight excluding hydrogens is 254 g/mol. The average molecular weight is 271 g/mol. The lowest BCUT2D eigenvalue weighted by Gasteiger charge is -2.09. The van der Waals surface area contributed by atoms with Crippen LogP contribution in [0.4, 0.5) is 5.69 Å². The van der Waals surface area contributed by atoms with E-state index >= 15 is 0 Å². The smallest absolute Gasteiger partial charge is 0.255 e. The van der Waals surface area contributed by atoms with Crippen LogP contribution in [0.2, 0.25) is 0 Å². The lowest BCUT2D eigenvalue weighted by atomic mass is 10.1. The molecule has 0 unspecified atom stereocenters. The molecule has 0 heterocycles. The first-order chi connectivity index (χ1) is 9.10. The lowest BCUT2D eigenvalue weighted by Crippen LogP contribution is -2.13. The molecule has 0 radical (unpaired) electrons. The van der Waals surface area contributed by atoms with Crippen LogP contribution in [0.3, 0.4) is 0 Å². The van der Waals surface area contributed by atoms with Gasteiger partial charge in [-0.3, -0.25) is 4.79 Å². The molecule has 1 amide bonds. The minimum atomic E-state index is -0.0957. The number of carbonyl (C=O) groups is 1. The van der Waals surface area contributed by atoms with Gasteiger partial charge >= 0.3 is 0 Å². The zero-order valence-electron chi connectivity index (χ0n) is 11.1. The molecule has 0 aliphatic rings. The second kappa shape index (κ2) is 5.93. The van der Waals surface area contributed by atoms with Crippen molar-refractivity contribution < 1.29 is 4.79 Å². The van der Waals surface area contributed by atoms with Crippen LogP contribution in [0.25, 0.3) is 0 Å². The van der Waals surface area contributed by atoms with E-state index < -0.39 is 0 Å². The van der Waals surface area contributed by atoms with Crippen molar-refractivity contribution in [2.75, 3.05) is 5.32 Å². The molecule has 0 aliphatic heterocycles. The van der Waals surface area contributed by atoms with Crippen molar-refractivity contribution in [2.45, 2.75) is 25.2 Å². The van der Waals surface area contributed by atoms with Gasteiger partial charge in [0, 0.05) is 16.1 Å². The molecule has 19 heavy (non-hydrogen) atoms. The van der Waals surface area contributed by atoms with Gasteiger partial charge < -0.3 is 5.32 Å². The summed E-state index contributed by atoms with van der Waals surface area (Å²) in [6.45, 7) is 4.01. The van der Waals surface area contributed by atoms with Crippen molar-refractivity contribution in [3.63, 3.8) is 0 Å². The number of anilines is 1. The normalized spacial score (nSPS) is 10.3. The highest BCUT2D eigenvalue weighted by Gasteiger charge is 2.09. The van der Waals surface area contributed by atoms with E-state index in [0.717, 1.165) is 22.6 Å². The lowest BCUT2D eigenvalue weighted by molar-refractivity contribution is 0.102. The highest BCUT2D eigenvalue weighted by Crippen LogP contribution is 2.17. The SMILES string of the molecule is CCc1cccc(NC(=O)c2cc(S)ccc2C)c1. The van der Waals surface area contributed by atoms with Crippen molar-refractivity contribution in [3.8, 4) is 0 Å². The Labute approximate surface area is 119 Å². The summed E-state index contributed by atoms with van der Waals surface area (Å²) in [7, 11) is 0. The molecule has 1 N–H and O–H groups in total. The highest BCUT2D eigenvalue weighted by molar-refractivity contribution is 7.80. The van der Waals surface area contributed by atoms with Gasteiger partial charge in [0.15, 0.2) is 0 Å². The van der Waals surface area contributed by atoms with Gasteiger partial charge in [-0.25, -0.2) is 0 Å². The van der Waals surface area contributed by atoms with Gasteiger partial charge in [0.05, 0.1) is 0 Å². The average Bonchev–Trinajstić information content (AvgIpc) is 2.41. The fourth-order valence-corrected chi connectivity index (χ4v) is 2.13. The zero-order valence-corrected chi connectivity index (χ0v) is 12.0. The summed E-state index contributed by atoms with van der Waals surface area (Å²) in [6.07, 6.45) is 0.953. The van der Waals surface area contributed by atoms with Crippen LogP contribution in [0.15, 0.2) is 47.4 Å². The van der Waals surface area contributed by atoms with Gasteiger partial charge in [0.25, 0.3) is 5.91 Å². The second-order valence-electron chi connectivity index (χ2n) is 4.51. The topological polar surface area (TPSA) is 29.1 Å². The maximum atomic E-state index is 12.2. The molecule has 2 aromatic carbocycles. The summed E-state index contributed by atoms with van der Waals surface area (Å²) in [4.78, 5) is 13.0. The Morgan fingerprint density at radius 2 is 2.00 bits per heavy atom. The predicted molar refractivity (Wildman–Crippen MR) is 82.2 cm³/mol. The monoisotopic (exact) mass is 271 g/mol. The van der Waals surface area contributed by atoms with Crippen LogP contribution in [-0.2, 0) is 6.42 Å². The summed E-state index contributed by atoms with van der Waals surface area (Å²) in [5.41, 5.74) is 3.64. The zero-order chi connectivity index (χ0) is 13.8. The predicted octanol–water partition coefficient (Wildman–Crippen LogP) is 4.10. The first kappa shape index (κ1) is 13.7. The number of thiol groups is 1. The molecule has 0 saturated carbocycles. The number of hydrogen-bond donors (Lipinski definition) is 2. The molecule has 0 bridgehead atoms. The molecule has 2 nitrogen and oxygen atoms in total. The number of amides is 1. The third-order valence-electron chi connectivity index (χ3n) is 3.06. The third kappa shape index (κ3) is 3.38. The molecule has 0 atom stereocenters. The van der Waals surface area contributed by atoms with Gasteiger partial charge in [-0.05, 0) is 48.7 Å². The quantitative estimate of drug-likeness (QED) is 0.809. The molecule has 0 spiro atoms. The van der Waals surface area contributed by atoms with Gasteiger partial charge in [0.1, 0.15) is 0 Å². The molecule has 0 aromatic heterocycles. The van der Waals surface area contributed by atoms with Crippen molar-refractivity contribution in [1.82, 2.24) is 0 Å². The molecule has 2 aromatic rings. The van der Waals surface area contributed by atoms with E-state index in [0.29, 0.717) is 5.56 Å². The number of rotatable bonds is 3. The summed E-state index contributed by atoms with van der Waals surface area (Å²) < 4.78 is 0. The molecular formula is C16H17NOS. The van der Waals surface area contributed by atoms with Crippen molar-refractivity contribution in [2.24, 2.45) is 0 Å². The number of aryl methyl sites for hydroxylation is 2. The maximum Gasteiger partial charge on any atom is 0.255 e. The van der Waals surface area contributed by atoms with Crippen LogP contribution in [0.1, 0.15) is 28.4 Å². The summed E-state index contributed by atoms with van der Waals surface area (Å²) in [6, 6.07) is 13.5. The van der Waals surface area contributed by atoms with Gasteiger partial charge in [-0.15, -0.1) is 12.6 Å². The largest absolute Gasteiger partial charge is 0.322 e. The van der Waals surface area contributed by atoms with Crippen molar-refractivity contribution in [1.29, 1.82) is 0 Å². The number of hydrogen-bond acceptors (Lipinski definition) is 2. The Bertz CT molecular complexity index is 607. The molecule has 2 rings (SSSR count). The van der Waals surface area contributed by atoms with Crippen molar-refractivity contribution >= 4 is 24.2 Å². The van der Waals surface area contributed by atoms with Gasteiger partial charge in [0.2, 0.25) is 0 Å². The van der Waals surface area contributed by atoms with E-state index in [2.05, 4.69) is 30.9 Å². The summed E-state index contributed by atoms with van der Waals surface area (Å²) in [5.74, 6) is -0.0957. The van der Waals surface area contributed by atoms with Crippen LogP contribution in [0, 0.1) is 6.92 Å². The second-order valence-corrected chi connectivity index (χ2v) is 5.02. The van der Waals surface area contributed by atoms with Crippen LogP contribution in [0.5, 0.6) is 0 Å². The summed E-state index contributed by atoms with van der Waals surface area (Å²) in [5, 5.41) is 2.93. The van der Waals surface area contributed by atoms with E-state index in [9.17, 15) is 4.79 Å². The van der Waals surface area contributed by atoms with E-state index in [1.165, 1.54) is 5.56 Å². The first-order valence-electron chi connectivity index (χ1n) is 6.30. The van der Waals surface area contributed by atoms with E-state index in [-0.39, 0.29) is 5.91 Å². The molecule has 0 saturated heterocycles. The fraction of sp³-hybridized carbons (Fsp3) is 0.188. The molecule has 98 valence electrons. The first-order valence-corrected chi connectivity index (χ1v) is 6.75. The number of carbonyl (C=O) groups excluding carboxylic acids is 1. The third-order valence-corrected chi connectivity index (χ3v) is 3.34. The Morgan fingerprint density at radius 1 is 1.21 bits per heavy atom. The Morgan fingerprint density at radius 3 is 2.74 bits per heavy atom. The highest BCUT2D eigenvalue weighted by atomic mass is 32.1. The van der Waals surface area contributed by atoms with Gasteiger partial charge in [-0.2, -0.15) is 0 Å². The minimum absolute atomic E-state index is 0.0957. The van der Waals surface area contributed by atoms with E-state index in [1.54, 1.807) is 6.07 Å². The van der Waals surface area contributed by atoms with Crippen LogP contribution in [-0.4, -0.2) is 5.91 Å².